The molecular weight excluding hydrogens is 172 g/mol. The second-order valence-corrected chi connectivity index (χ2v) is 4.37. The molecule has 1 saturated carbocycles. The molecular formula is C9H11ClN2. The van der Waals surface area contributed by atoms with Crippen LogP contribution in [0.3, 0.4) is 0 Å². The summed E-state index contributed by atoms with van der Waals surface area (Å²) in [7, 11) is 0. The maximum absolute atomic E-state index is 5.76. The first-order chi connectivity index (χ1) is 5.59. The van der Waals surface area contributed by atoms with Gasteiger partial charge in [0.2, 0.25) is 0 Å². The van der Waals surface area contributed by atoms with Gasteiger partial charge in [0.15, 0.2) is 0 Å². The molecule has 0 saturated heterocycles. The van der Waals surface area contributed by atoms with E-state index < -0.39 is 0 Å². The van der Waals surface area contributed by atoms with Crippen LogP contribution in [0.4, 0.5) is 0 Å². The molecule has 1 aliphatic carbocycles. The predicted molar refractivity (Wildman–Crippen MR) is 48.2 cm³/mol. The summed E-state index contributed by atoms with van der Waals surface area (Å²) < 4.78 is 0. The van der Waals surface area contributed by atoms with Crippen molar-refractivity contribution in [1.29, 1.82) is 0 Å². The van der Waals surface area contributed by atoms with E-state index >= 15 is 0 Å². The molecule has 0 bridgehead atoms. The van der Waals surface area contributed by atoms with Crippen molar-refractivity contribution < 1.29 is 0 Å². The zero-order chi connectivity index (χ0) is 8.77. The average Bonchev–Trinajstić information content (AvgIpc) is 2.60. The van der Waals surface area contributed by atoms with Gasteiger partial charge in [-0.15, -0.1) is 0 Å². The van der Waals surface area contributed by atoms with E-state index in [-0.39, 0.29) is 0 Å². The van der Waals surface area contributed by atoms with Crippen molar-refractivity contribution in [2.24, 2.45) is 5.41 Å². The Balaban J connectivity index is 2.26. The fourth-order valence-corrected chi connectivity index (χ4v) is 1.57. The van der Waals surface area contributed by atoms with Crippen LogP contribution < -0.4 is 0 Å². The lowest BCUT2D eigenvalue weighted by molar-refractivity contribution is 0.608. The third kappa shape index (κ3) is 1.31. The summed E-state index contributed by atoms with van der Waals surface area (Å²) in [6, 6.07) is 1.71. The molecule has 2 rings (SSSR count). The van der Waals surface area contributed by atoms with E-state index in [1.165, 1.54) is 6.42 Å². The Morgan fingerprint density at radius 2 is 2.25 bits per heavy atom. The topological polar surface area (TPSA) is 25.8 Å². The third-order valence-electron chi connectivity index (χ3n) is 2.47. The van der Waals surface area contributed by atoms with Crippen LogP contribution in [0.2, 0.25) is 5.15 Å². The Morgan fingerprint density at radius 3 is 2.75 bits per heavy atom. The van der Waals surface area contributed by atoms with Crippen molar-refractivity contribution in [1.82, 2.24) is 9.97 Å². The highest BCUT2D eigenvalue weighted by molar-refractivity contribution is 6.29. The van der Waals surface area contributed by atoms with Gasteiger partial charge in [-0.25, -0.2) is 9.97 Å². The molecule has 0 amide bonds. The van der Waals surface area contributed by atoms with Crippen LogP contribution in [-0.4, -0.2) is 9.97 Å². The zero-order valence-corrected chi connectivity index (χ0v) is 7.97. The van der Waals surface area contributed by atoms with Crippen molar-refractivity contribution in [2.75, 3.05) is 0 Å². The van der Waals surface area contributed by atoms with Gasteiger partial charge in [-0.2, -0.15) is 0 Å². The summed E-state index contributed by atoms with van der Waals surface area (Å²) in [6.07, 6.45) is 2.90. The van der Waals surface area contributed by atoms with E-state index in [4.69, 9.17) is 11.6 Å². The quantitative estimate of drug-likeness (QED) is 0.624. The monoisotopic (exact) mass is 182 g/mol. The summed E-state index contributed by atoms with van der Waals surface area (Å²) in [5.41, 5.74) is 0.380. The highest BCUT2D eigenvalue weighted by Crippen LogP contribution is 2.57. The van der Waals surface area contributed by atoms with Gasteiger partial charge in [-0.1, -0.05) is 25.4 Å². The number of nitrogens with zero attached hydrogens (tertiary/aromatic N) is 2. The average molecular weight is 183 g/mol. The fourth-order valence-electron chi connectivity index (χ4n) is 1.43. The van der Waals surface area contributed by atoms with Crippen molar-refractivity contribution >= 4 is 11.6 Å². The molecule has 0 N–H and O–H groups in total. The van der Waals surface area contributed by atoms with Crippen LogP contribution in [0.25, 0.3) is 0 Å². The lowest BCUT2D eigenvalue weighted by Gasteiger charge is -2.01. The summed E-state index contributed by atoms with van der Waals surface area (Å²) in [5, 5.41) is 0.544. The largest absolute Gasteiger partial charge is 0.241 e. The zero-order valence-electron chi connectivity index (χ0n) is 7.21. The fraction of sp³-hybridized carbons (Fsp3) is 0.556. The molecule has 0 spiro atoms. The molecule has 3 heteroatoms. The molecule has 1 aliphatic rings. The van der Waals surface area contributed by atoms with E-state index in [0.717, 1.165) is 5.82 Å². The summed E-state index contributed by atoms with van der Waals surface area (Å²) in [5.74, 6) is 1.41. The van der Waals surface area contributed by atoms with Gasteiger partial charge < -0.3 is 0 Å². The Hall–Kier alpha value is -0.630. The maximum atomic E-state index is 5.76. The number of rotatable bonds is 1. The summed E-state index contributed by atoms with van der Waals surface area (Å²) >= 11 is 5.76. The van der Waals surface area contributed by atoms with Crippen LogP contribution in [0.5, 0.6) is 0 Å². The smallest absolute Gasteiger partial charge is 0.133 e. The predicted octanol–water partition coefficient (Wildman–Crippen LogP) is 2.64. The Bertz CT molecular complexity index is 309. The number of hydrogen-bond donors (Lipinski definition) is 0. The minimum absolute atomic E-state index is 0.380. The van der Waals surface area contributed by atoms with Crippen LogP contribution >= 0.6 is 11.6 Å². The summed E-state index contributed by atoms with van der Waals surface area (Å²) in [4.78, 5) is 8.39. The van der Waals surface area contributed by atoms with Crippen molar-refractivity contribution in [3.05, 3.63) is 23.2 Å². The first kappa shape index (κ1) is 7.99. The molecule has 1 heterocycles. The number of hydrogen-bond acceptors (Lipinski definition) is 2. The highest BCUT2D eigenvalue weighted by Gasteiger charge is 2.48. The molecule has 12 heavy (non-hydrogen) atoms. The first-order valence-corrected chi connectivity index (χ1v) is 4.46. The molecule has 1 unspecified atom stereocenters. The Morgan fingerprint density at radius 1 is 1.58 bits per heavy atom. The lowest BCUT2D eigenvalue weighted by atomic mass is 10.1. The van der Waals surface area contributed by atoms with Crippen LogP contribution in [0.15, 0.2) is 12.3 Å². The van der Waals surface area contributed by atoms with Crippen LogP contribution in [0, 0.1) is 5.41 Å². The highest BCUT2D eigenvalue weighted by atomic mass is 35.5. The Kier molecular flexibility index (Phi) is 1.62. The van der Waals surface area contributed by atoms with Crippen molar-refractivity contribution in [3.8, 4) is 0 Å². The Labute approximate surface area is 77.0 Å². The van der Waals surface area contributed by atoms with Gasteiger partial charge in [0, 0.05) is 12.1 Å². The maximum Gasteiger partial charge on any atom is 0.133 e. The second-order valence-electron chi connectivity index (χ2n) is 3.98. The molecule has 0 aliphatic heterocycles. The van der Waals surface area contributed by atoms with Gasteiger partial charge in [-0.3, -0.25) is 0 Å². The molecule has 64 valence electrons. The molecule has 1 atom stereocenters. The van der Waals surface area contributed by atoms with Crippen molar-refractivity contribution in [3.63, 3.8) is 0 Å². The van der Waals surface area contributed by atoms with E-state index in [0.29, 0.717) is 16.5 Å². The molecule has 0 aromatic carbocycles. The van der Waals surface area contributed by atoms with Crippen LogP contribution in [-0.2, 0) is 0 Å². The number of aromatic nitrogens is 2. The van der Waals surface area contributed by atoms with Crippen LogP contribution in [0.1, 0.15) is 32.0 Å². The molecule has 1 aromatic heterocycles. The lowest BCUT2D eigenvalue weighted by Crippen LogP contribution is -1.96. The van der Waals surface area contributed by atoms with Gasteiger partial charge in [0.25, 0.3) is 0 Å². The summed E-state index contributed by atoms with van der Waals surface area (Å²) in [6.45, 7) is 4.45. The standard InChI is InChI=1S/C9H11ClN2/c1-9(2)5-6(9)8-11-4-3-7(10)12-8/h3-4,6H,5H2,1-2H3. The molecule has 0 radical (unpaired) electrons. The first-order valence-electron chi connectivity index (χ1n) is 4.08. The minimum Gasteiger partial charge on any atom is -0.241 e. The van der Waals surface area contributed by atoms with Gasteiger partial charge >= 0.3 is 0 Å². The van der Waals surface area contributed by atoms with Gasteiger partial charge in [-0.05, 0) is 17.9 Å². The molecule has 1 aromatic rings. The van der Waals surface area contributed by atoms with Gasteiger partial charge in [0.05, 0.1) is 0 Å². The van der Waals surface area contributed by atoms with E-state index in [2.05, 4.69) is 23.8 Å². The van der Waals surface area contributed by atoms with E-state index in [9.17, 15) is 0 Å². The normalized spacial score (nSPS) is 25.4. The second kappa shape index (κ2) is 2.43. The minimum atomic E-state index is 0.380. The number of halogens is 1. The molecule has 2 nitrogen and oxygen atoms in total. The molecule has 1 fully saturated rings. The van der Waals surface area contributed by atoms with E-state index in [1.807, 2.05) is 0 Å². The van der Waals surface area contributed by atoms with Crippen molar-refractivity contribution in [2.45, 2.75) is 26.2 Å². The van der Waals surface area contributed by atoms with Gasteiger partial charge in [0.1, 0.15) is 11.0 Å². The van der Waals surface area contributed by atoms with E-state index in [1.54, 1.807) is 12.3 Å². The third-order valence-corrected chi connectivity index (χ3v) is 2.68. The SMILES string of the molecule is CC1(C)CC1c1nccc(Cl)n1.